The lowest BCUT2D eigenvalue weighted by molar-refractivity contribution is -0.123. The average Bonchev–Trinajstić information content (AvgIpc) is 2.01. The fourth-order valence-electron chi connectivity index (χ4n) is 2.66. The Morgan fingerprint density at radius 2 is 2.21 bits per heavy atom. The minimum atomic E-state index is 0.452. The van der Waals surface area contributed by atoms with Crippen LogP contribution in [0.4, 0.5) is 0 Å². The molecule has 1 rings (SSSR count). The minimum absolute atomic E-state index is 0.452. The van der Waals surface area contributed by atoms with Crippen LogP contribution in [0.15, 0.2) is 12.2 Å². The smallest absolute Gasteiger partial charge is 0.133 e. The first kappa shape index (κ1) is 11.5. The molecule has 0 unspecified atom stereocenters. The molecule has 1 aliphatic rings. The van der Waals surface area contributed by atoms with Crippen LogP contribution in [-0.4, -0.2) is 5.78 Å². The van der Waals surface area contributed by atoms with Crippen molar-refractivity contribution in [1.82, 2.24) is 0 Å². The number of allylic oxidation sites excluding steroid dienone is 1. The van der Waals surface area contributed by atoms with Gasteiger partial charge in [0.1, 0.15) is 5.78 Å². The summed E-state index contributed by atoms with van der Waals surface area (Å²) in [6.45, 7) is 10.6. The highest BCUT2D eigenvalue weighted by Gasteiger charge is 2.30. The maximum atomic E-state index is 11.4. The summed E-state index contributed by atoms with van der Waals surface area (Å²) in [4.78, 5) is 11.4. The zero-order valence-corrected chi connectivity index (χ0v) is 9.68. The Balaban J connectivity index is 2.63. The molecule has 0 aromatic carbocycles. The molecule has 1 aliphatic carbocycles. The molecule has 0 saturated heterocycles. The van der Waals surface area contributed by atoms with Gasteiger partial charge in [-0.05, 0) is 37.5 Å². The second-order valence-corrected chi connectivity index (χ2v) is 5.11. The summed E-state index contributed by atoms with van der Waals surface area (Å²) >= 11 is 0. The van der Waals surface area contributed by atoms with Gasteiger partial charge in [0.15, 0.2) is 0 Å². The van der Waals surface area contributed by atoms with Gasteiger partial charge in [-0.25, -0.2) is 0 Å². The van der Waals surface area contributed by atoms with Gasteiger partial charge in [-0.3, -0.25) is 4.79 Å². The van der Waals surface area contributed by atoms with Crippen LogP contribution < -0.4 is 0 Å². The van der Waals surface area contributed by atoms with Crippen LogP contribution in [-0.2, 0) is 4.79 Å². The summed E-state index contributed by atoms with van der Waals surface area (Å²) in [6, 6.07) is 0. The molecule has 0 heterocycles. The van der Waals surface area contributed by atoms with E-state index in [9.17, 15) is 4.79 Å². The van der Waals surface area contributed by atoms with E-state index >= 15 is 0 Å². The van der Waals surface area contributed by atoms with Crippen molar-refractivity contribution in [2.24, 2.45) is 17.8 Å². The molecule has 1 nitrogen and oxygen atoms in total. The van der Waals surface area contributed by atoms with Crippen LogP contribution in [0.3, 0.4) is 0 Å². The molecule has 14 heavy (non-hydrogen) atoms. The summed E-state index contributed by atoms with van der Waals surface area (Å²) in [7, 11) is 0. The van der Waals surface area contributed by atoms with Gasteiger partial charge in [0.2, 0.25) is 0 Å². The van der Waals surface area contributed by atoms with Gasteiger partial charge >= 0.3 is 0 Å². The summed E-state index contributed by atoms with van der Waals surface area (Å²) in [5.41, 5.74) is 1.22. The number of carbonyl (C=O) groups is 1. The lowest BCUT2D eigenvalue weighted by Crippen LogP contribution is -2.28. The van der Waals surface area contributed by atoms with Crippen molar-refractivity contribution in [3.63, 3.8) is 0 Å². The van der Waals surface area contributed by atoms with Crippen molar-refractivity contribution >= 4 is 5.78 Å². The molecular weight excluding hydrogens is 172 g/mol. The van der Waals surface area contributed by atoms with Crippen LogP contribution >= 0.6 is 0 Å². The highest BCUT2D eigenvalue weighted by atomic mass is 16.1. The van der Waals surface area contributed by atoms with Gasteiger partial charge in [0.05, 0.1) is 0 Å². The molecule has 1 fully saturated rings. The van der Waals surface area contributed by atoms with E-state index in [1.165, 1.54) is 5.57 Å². The van der Waals surface area contributed by atoms with E-state index < -0.39 is 0 Å². The Morgan fingerprint density at radius 1 is 1.57 bits per heavy atom. The topological polar surface area (TPSA) is 17.1 Å². The fourth-order valence-corrected chi connectivity index (χ4v) is 2.66. The number of ketones is 1. The second-order valence-electron chi connectivity index (χ2n) is 5.11. The van der Waals surface area contributed by atoms with Gasteiger partial charge in [-0.1, -0.05) is 19.4 Å². The molecule has 0 aromatic rings. The van der Waals surface area contributed by atoms with E-state index in [4.69, 9.17) is 0 Å². The third-order valence-corrected chi connectivity index (χ3v) is 3.32. The first-order valence-corrected chi connectivity index (χ1v) is 5.66. The van der Waals surface area contributed by atoms with Crippen molar-refractivity contribution in [2.45, 2.75) is 46.5 Å². The monoisotopic (exact) mass is 194 g/mol. The fraction of sp³-hybridized carbons (Fsp3) is 0.769. The molecule has 0 spiro atoms. The molecule has 0 N–H and O–H groups in total. The summed E-state index contributed by atoms with van der Waals surface area (Å²) in [5, 5.41) is 0. The molecule has 0 radical (unpaired) electrons. The van der Waals surface area contributed by atoms with E-state index in [0.29, 0.717) is 17.6 Å². The van der Waals surface area contributed by atoms with Crippen LogP contribution in [0.25, 0.3) is 0 Å². The molecule has 1 heteroatoms. The predicted octanol–water partition coefficient (Wildman–Crippen LogP) is 3.59. The van der Waals surface area contributed by atoms with Crippen molar-refractivity contribution in [1.29, 1.82) is 0 Å². The molecule has 2 atom stereocenters. The van der Waals surface area contributed by atoms with Gasteiger partial charge in [-0.2, -0.15) is 0 Å². The van der Waals surface area contributed by atoms with E-state index in [1.54, 1.807) is 0 Å². The highest BCUT2D eigenvalue weighted by molar-refractivity contribution is 5.79. The molecule has 0 amide bonds. The third-order valence-electron chi connectivity index (χ3n) is 3.32. The van der Waals surface area contributed by atoms with Crippen molar-refractivity contribution in [2.75, 3.05) is 0 Å². The number of carbonyl (C=O) groups excluding carboxylic acids is 1. The summed E-state index contributed by atoms with van der Waals surface area (Å²) < 4.78 is 0. The molecule has 80 valence electrons. The van der Waals surface area contributed by atoms with Crippen LogP contribution in [0.1, 0.15) is 46.5 Å². The van der Waals surface area contributed by atoms with Gasteiger partial charge in [0, 0.05) is 12.8 Å². The highest BCUT2D eigenvalue weighted by Crippen LogP contribution is 2.36. The largest absolute Gasteiger partial charge is 0.300 e. The van der Waals surface area contributed by atoms with Crippen molar-refractivity contribution in [3.8, 4) is 0 Å². The minimum Gasteiger partial charge on any atom is -0.300 e. The Labute approximate surface area is 87.6 Å². The molecular formula is C13H22O. The SMILES string of the molecule is C=C(C)C[C@H]1CC(=O)CC[C@@H]1C(C)C. The van der Waals surface area contributed by atoms with Crippen LogP contribution in [0.5, 0.6) is 0 Å². The standard InChI is InChI=1S/C13H22O/c1-9(2)7-11-8-12(14)5-6-13(11)10(3)4/h10-11,13H,1,5-8H2,2-4H3/t11-,13+/m0/s1. The maximum Gasteiger partial charge on any atom is 0.133 e. The number of hydrogen-bond donors (Lipinski definition) is 0. The van der Waals surface area contributed by atoms with E-state index in [2.05, 4.69) is 27.4 Å². The second kappa shape index (κ2) is 4.77. The predicted molar refractivity (Wildman–Crippen MR) is 60.1 cm³/mol. The first-order valence-electron chi connectivity index (χ1n) is 5.66. The normalized spacial score (nSPS) is 28.1. The van der Waals surface area contributed by atoms with Gasteiger partial charge in [0.25, 0.3) is 0 Å². The number of hydrogen-bond acceptors (Lipinski definition) is 1. The number of Topliss-reactive ketones (excluding diaryl/α,β-unsaturated/α-hetero) is 1. The van der Waals surface area contributed by atoms with Crippen LogP contribution in [0, 0.1) is 17.8 Å². The maximum absolute atomic E-state index is 11.4. The molecule has 0 bridgehead atoms. The van der Waals surface area contributed by atoms with E-state index in [-0.39, 0.29) is 0 Å². The van der Waals surface area contributed by atoms with Gasteiger partial charge in [-0.15, -0.1) is 6.58 Å². The Bertz CT molecular complexity index is 225. The Kier molecular flexibility index (Phi) is 3.91. The number of rotatable bonds is 3. The average molecular weight is 194 g/mol. The van der Waals surface area contributed by atoms with Crippen molar-refractivity contribution < 1.29 is 4.79 Å². The molecule has 0 aliphatic heterocycles. The van der Waals surface area contributed by atoms with E-state index in [1.807, 2.05) is 0 Å². The lowest BCUT2D eigenvalue weighted by Gasteiger charge is -2.33. The third kappa shape index (κ3) is 2.97. The molecule has 0 aromatic heterocycles. The zero-order valence-electron chi connectivity index (χ0n) is 9.68. The van der Waals surface area contributed by atoms with Crippen molar-refractivity contribution in [3.05, 3.63) is 12.2 Å². The summed E-state index contributed by atoms with van der Waals surface area (Å²) in [5.74, 6) is 2.44. The quantitative estimate of drug-likeness (QED) is 0.627. The van der Waals surface area contributed by atoms with E-state index in [0.717, 1.165) is 31.6 Å². The molecule has 1 saturated carbocycles. The summed E-state index contributed by atoms with van der Waals surface area (Å²) in [6.07, 6.45) is 3.72. The first-order chi connectivity index (χ1) is 6.50. The Morgan fingerprint density at radius 3 is 2.71 bits per heavy atom. The van der Waals surface area contributed by atoms with Gasteiger partial charge < -0.3 is 0 Å². The lowest BCUT2D eigenvalue weighted by atomic mass is 9.71. The Hall–Kier alpha value is -0.590. The van der Waals surface area contributed by atoms with Crippen LogP contribution in [0.2, 0.25) is 0 Å². The zero-order chi connectivity index (χ0) is 10.7.